The summed E-state index contributed by atoms with van der Waals surface area (Å²) in [6.45, 7) is 1.61. The molecule has 6 heteroatoms. The van der Waals surface area contributed by atoms with Crippen LogP contribution in [0.4, 0.5) is 10.1 Å². The molecule has 3 nitrogen and oxygen atoms in total. The summed E-state index contributed by atoms with van der Waals surface area (Å²) in [4.78, 5) is 0. The highest BCUT2D eigenvalue weighted by atomic mass is 35.5. The van der Waals surface area contributed by atoms with E-state index in [4.69, 9.17) is 11.6 Å². The topological polar surface area (TPSA) is 46.2 Å². The maximum Gasteiger partial charge on any atom is 0.246 e. The molecular formula is C8H9ClFNO2S. The number of rotatable bonds is 3. The van der Waals surface area contributed by atoms with E-state index in [1.165, 1.54) is 18.2 Å². The highest BCUT2D eigenvalue weighted by molar-refractivity contribution is 7.93. The Hall–Kier alpha value is -0.810. The van der Waals surface area contributed by atoms with Crippen molar-refractivity contribution in [3.05, 3.63) is 29.6 Å². The number of sulfonamides is 1. The summed E-state index contributed by atoms with van der Waals surface area (Å²) < 4.78 is 37.0. The van der Waals surface area contributed by atoms with Gasteiger partial charge in [-0.15, -0.1) is 11.6 Å². The van der Waals surface area contributed by atoms with Gasteiger partial charge in [-0.2, -0.15) is 0 Å². The number of alkyl halides is 1. The van der Waals surface area contributed by atoms with Gasteiger partial charge in [0.25, 0.3) is 0 Å². The van der Waals surface area contributed by atoms with Crippen LogP contribution >= 0.6 is 11.6 Å². The normalized spacial score (nSPS) is 11.4. The molecule has 78 valence electrons. The van der Waals surface area contributed by atoms with E-state index in [0.29, 0.717) is 11.3 Å². The molecule has 1 aromatic rings. The first-order valence-corrected chi connectivity index (χ1v) is 5.96. The monoisotopic (exact) mass is 237 g/mol. The lowest BCUT2D eigenvalue weighted by Crippen LogP contribution is -2.14. The molecule has 0 bridgehead atoms. The van der Waals surface area contributed by atoms with Crippen LogP contribution in [0.5, 0.6) is 0 Å². The molecule has 0 heterocycles. The van der Waals surface area contributed by atoms with Crippen molar-refractivity contribution in [2.24, 2.45) is 0 Å². The van der Waals surface area contributed by atoms with Crippen molar-refractivity contribution >= 4 is 27.3 Å². The van der Waals surface area contributed by atoms with E-state index < -0.39 is 21.1 Å². The van der Waals surface area contributed by atoms with Crippen molar-refractivity contribution < 1.29 is 12.8 Å². The molecule has 0 unspecified atom stereocenters. The molecule has 0 aliphatic carbocycles. The average molecular weight is 238 g/mol. The number of hydrogen-bond acceptors (Lipinski definition) is 2. The standard InChI is InChI=1S/C8H9ClFNO2S/c1-6-4-7(10)2-3-8(6)11-14(12,13)5-9/h2-4,11H,5H2,1H3. The van der Waals surface area contributed by atoms with E-state index in [1.54, 1.807) is 6.92 Å². The van der Waals surface area contributed by atoms with E-state index in [2.05, 4.69) is 4.72 Å². The smallest absolute Gasteiger partial charge is 0.246 e. The van der Waals surface area contributed by atoms with Gasteiger partial charge in [-0.05, 0) is 30.7 Å². The third-order valence-corrected chi connectivity index (χ3v) is 3.28. The third kappa shape index (κ3) is 2.85. The summed E-state index contributed by atoms with van der Waals surface area (Å²) in [5, 5.41) is -0.524. The molecule has 0 spiro atoms. The number of anilines is 1. The Morgan fingerprint density at radius 1 is 1.50 bits per heavy atom. The van der Waals surface area contributed by atoms with Gasteiger partial charge in [-0.25, -0.2) is 12.8 Å². The fourth-order valence-corrected chi connectivity index (χ4v) is 1.72. The second-order valence-electron chi connectivity index (χ2n) is 2.79. The van der Waals surface area contributed by atoms with Crippen LogP contribution in [-0.4, -0.2) is 13.6 Å². The predicted molar refractivity (Wildman–Crippen MR) is 54.4 cm³/mol. The van der Waals surface area contributed by atoms with Gasteiger partial charge in [0.1, 0.15) is 11.0 Å². The van der Waals surface area contributed by atoms with Crippen molar-refractivity contribution in [3.63, 3.8) is 0 Å². The van der Waals surface area contributed by atoms with Gasteiger partial charge in [0, 0.05) is 0 Å². The number of aryl methyl sites for hydroxylation is 1. The van der Waals surface area contributed by atoms with Crippen molar-refractivity contribution in [2.75, 3.05) is 9.93 Å². The van der Waals surface area contributed by atoms with Crippen LogP contribution in [0.2, 0.25) is 0 Å². The quantitative estimate of drug-likeness (QED) is 0.818. The van der Waals surface area contributed by atoms with Crippen LogP contribution < -0.4 is 4.72 Å². The predicted octanol–water partition coefficient (Wildman–Crippen LogP) is 2.07. The molecule has 0 aromatic heterocycles. The molecule has 0 saturated heterocycles. The van der Waals surface area contributed by atoms with E-state index >= 15 is 0 Å². The van der Waals surface area contributed by atoms with Crippen LogP contribution in [0.25, 0.3) is 0 Å². The largest absolute Gasteiger partial charge is 0.282 e. The zero-order chi connectivity index (χ0) is 10.8. The zero-order valence-electron chi connectivity index (χ0n) is 7.42. The van der Waals surface area contributed by atoms with Gasteiger partial charge in [-0.1, -0.05) is 0 Å². The molecule has 0 atom stereocenters. The number of halogens is 2. The SMILES string of the molecule is Cc1cc(F)ccc1NS(=O)(=O)CCl. The number of hydrogen-bond donors (Lipinski definition) is 1. The maximum absolute atomic E-state index is 12.7. The summed E-state index contributed by atoms with van der Waals surface area (Å²) in [5.74, 6) is -0.406. The molecule has 14 heavy (non-hydrogen) atoms. The van der Waals surface area contributed by atoms with E-state index in [9.17, 15) is 12.8 Å². The van der Waals surface area contributed by atoms with Gasteiger partial charge in [-0.3, -0.25) is 4.72 Å². The van der Waals surface area contributed by atoms with Gasteiger partial charge >= 0.3 is 0 Å². The van der Waals surface area contributed by atoms with Crippen LogP contribution in [0, 0.1) is 12.7 Å². The average Bonchev–Trinajstić information content (AvgIpc) is 2.10. The minimum Gasteiger partial charge on any atom is -0.282 e. The minimum absolute atomic E-state index is 0.340. The highest BCUT2D eigenvalue weighted by Crippen LogP contribution is 2.17. The second kappa shape index (κ2) is 4.14. The minimum atomic E-state index is -3.51. The molecule has 0 aliphatic heterocycles. The van der Waals surface area contributed by atoms with Crippen molar-refractivity contribution in [1.29, 1.82) is 0 Å². The molecule has 0 fully saturated rings. The van der Waals surface area contributed by atoms with E-state index in [0.717, 1.165) is 0 Å². The lowest BCUT2D eigenvalue weighted by Gasteiger charge is -2.07. The molecular weight excluding hydrogens is 229 g/mol. The molecule has 0 amide bonds. The first kappa shape index (κ1) is 11.3. The van der Waals surface area contributed by atoms with Crippen molar-refractivity contribution in [2.45, 2.75) is 6.92 Å². The Bertz CT molecular complexity index is 433. The van der Waals surface area contributed by atoms with Crippen LogP contribution in [0.3, 0.4) is 0 Å². The Balaban J connectivity index is 2.99. The molecule has 1 N–H and O–H groups in total. The summed E-state index contributed by atoms with van der Waals surface area (Å²) >= 11 is 5.20. The number of benzene rings is 1. The van der Waals surface area contributed by atoms with Gasteiger partial charge < -0.3 is 0 Å². The third-order valence-electron chi connectivity index (χ3n) is 1.60. The van der Waals surface area contributed by atoms with Gasteiger partial charge in [0.05, 0.1) is 5.69 Å². The highest BCUT2D eigenvalue weighted by Gasteiger charge is 2.09. The fourth-order valence-electron chi connectivity index (χ4n) is 0.936. The molecule has 1 aromatic carbocycles. The van der Waals surface area contributed by atoms with Gasteiger partial charge in [0.15, 0.2) is 0 Å². The molecule has 0 aliphatic rings. The zero-order valence-corrected chi connectivity index (χ0v) is 8.99. The summed E-state index contributed by atoms with van der Waals surface area (Å²) in [6, 6.07) is 3.78. The van der Waals surface area contributed by atoms with Crippen molar-refractivity contribution in [3.8, 4) is 0 Å². The van der Waals surface area contributed by atoms with E-state index in [-0.39, 0.29) is 0 Å². The molecule has 0 radical (unpaired) electrons. The summed E-state index contributed by atoms with van der Waals surface area (Å²) in [6.07, 6.45) is 0. The Morgan fingerprint density at radius 3 is 2.64 bits per heavy atom. The molecule has 1 rings (SSSR count). The van der Waals surface area contributed by atoms with Gasteiger partial charge in [0.2, 0.25) is 10.0 Å². The fraction of sp³-hybridized carbons (Fsp3) is 0.250. The first-order chi connectivity index (χ1) is 6.44. The maximum atomic E-state index is 12.7. The second-order valence-corrected chi connectivity index (χ2v) is 5.09. The molecule has 0 saturated carbocycles. The van der Waals surface area contributed by atoms with Crippen LogP contribution in [0.15, 0.2) is 18.2 Å². The Labute approximate surface area is 86.9 Å². The van der Waals surface area contributed by atoms with Crippen molar-refractivity contribution in [1.82, 2.24) is 0 Å². The van der Waals surface area contributed by atoms with Crippen LogP contribution in [0.1, 0.15) is 5.56 Å². The number of nitrogens with one attached hydrogen (secondary N) is 1. The lowest BCUT2D eigenvalue weighted by atomic mass is 10.2. The first-order valence-electron chi connectivity index (χ1n) is 3.77. The van der Waals surface area contributed by atoms with Crippen LogP contribution in [-0.2, 0) is 10.0 Å². The Morgan fingerprint density at radius 2 is 2.14 bits per heavy atom. The summed E-state index contributed by atoms with van der Waals surface area (Å²) in [5.41, 5.74) is 0.853. The summed E-state index contributed by atoms with van der Waals surface area (Å²) in [7, 11) is -3.51. The lowest BCUT2D eigenvalue weighted by molar-refractivity contribution is 0.605. The Kier molecular flexibility index (Phi) is 3.34. The van der Waals surface area contributed by atoms with E-state index in [1.807, 2.05) is 0 Å².